The summed E-state index contributed by atoms with van der Waals surface area (Å²) >= 11 is 0. The molecule has 0 bridgehead atoms. The van der Waals surface area contributed by atoms with Crippen LogP contribution in [0.1, 0.15) is 11.1 Å². The van der Waals surface area contributed by atoms with E-state index in [4.69, 9.17) is 0 Å². The molecule has 118 valence electrons. The maximum Gasteiger partial charge on any atom is 0.329 e. The van der Waals surface area contributed by atoms with Crippen molar-refractivity contribution < 1.29 is 0 Å². The largest absolute Gasteiger partial charge is 0.329 e. The van der Waals surface area contributed by atoms with Gasteiger partial charge in [-0.1, -0.05) is 72.8 Å². The fraction of sp³-hybridized carbons (Fsp3) is 0.0952. The minimum Gasteiger partial charge on any atom is -0.287 e. The smallest absolute Gasteiger partial charge is 0.287 e. The Morgan fingerprint density at radius 2 is 0.917 bits per heavy atom. The summed E-state index contributed by atoms with van der Waals surface area (Å²) < 4.78 is 3.71. The molecule has 3 aromatic carbocycles. The van der Waals surface area contributed by atoms with Crippen LogP contribution in [-0.4, -0.2) is 9.13 Å². The van der Waals surface area contributed by atoms with Gasteiger partial charge in [0.25, 0.3) is 0 Å². The lowest BCUT2D eigenvalue weighted by molar-refractivity contribution is 0.701. The molecule has 4 rings (SSSR count). The molecule has 0 radical (unpaired) electrons. The average Bonchev–Trinajstić information content (AvgIpc) is 2.90. The third-order valence-electron chi connectivity index (χ3n) is 4.29. The number of imidazole rings is 1. The molecule has 0 spiro atoms. The first-order valence-electron chi connectivity index (χ1n) is 8.09. The Bertz CT molecular complexity index is 933. The summed E-state index contributed by atoms with van der Waals surface area (Å²) in [5, 5.41) is 0. The van der Waals surface area contributed by atoms with Crippen LogP contribution < -0.4 is 5.69 Å². The number of benzene rings is 3. The maximum absolute atomic E-state index is 13.0. The highest BCUT2D eigenvalue weighted by Crippen LogP contribution is 2.16. The zero-order chi connectivity index (χ0) is 16.4. The van der Waals surface area contributed by atoms with Crippen LogP contribution in [0.4, 0.5) is 0 Å². The van der Waals surface area contributed by atoms with Crippen molar-refractivity contribution >= 4 is 11.0 Å². The van der Waals surface area contributed by atoms with Crippen molar-refractivity contribution in [2.45, 2.75) is 13.1 Å². The summed E-state index contributed by atoms with van der Waals surface area (Å²) in [6.45, 7) is 1.17. The van der Waals surface area contributed by atoms with Crippen molar-refractivity contribution in [2.75, 3.05) is 0 Å². The monoisotopic (exact) mass is 314 g/mol. The van der Waals surface area contributed by atoms with E-state index >= 15 is 0 Å². The average molecular weight is 314 g/mol. The van der Waals surface area contributed by atoms with E-state index in [2.05, 4.69) is 24.3 Å². The molecular formula is C21H18N2O. The van der Waals surface area contributed by atoms with Crippen LogP contribution in [0.25, 0.3) is 11.0 Å². The molecule has 0 aliphatic rings. The summed E-state index contributed by atoms with van der Waals surface area (Å²) in [5.41, 5.74) is 4.23. The predicted molar refractivity (Wildman–Crippen MR) is 97.3 cm³/mol. The van der Waals surface area contributed by atoms with Crippen molar-refractivity contribution in [1.29, 1.82) is 0 Å². The molecule has 0 unspecified atom stereocenters. The molecule has 3 nitrogen and oxygen atoms in total. The van der Waals surface area contributed by atoms with Gasteiger partial charge in [-0.25, -0.2) is 4.79 Å². The Morgan fingerprint density at radius 3 is 1.33 bits per heavy atom. The lowest BCUT2D eigenvalue weighted by Crippen LogP contribution is -2.25. The van der Waals surface area contributed by atoms with E-state index < -0.39 is 0 Å². The van der Waals surface area contributed by atoms with Crippen LogP contribution in [0.2, 0.25) is 0 Å². The van der Waals surface area contributed by atoms with E-state index in [1.54, 1.807) is 0 Å². The Balaban J connectivity index is 1.83. The van der Waals surface area contributed by atoms with Gasteiger partial charge in [0.2, 0.25) is 0 Å². The normalized spacial score (nSPS) is 11.0. The van der Waals surface area contributed by atoms with E-state index in [1.165, 1.54) is 0 Å². The van der Waals surface area contributed by atoms with Gasteiger partial charge in [0.15, 0.2) is 0 Å². The Kier molecular flexibility index (Phi) is 3.75. The summed E-state index contributed by atoms with van der Waals surface area (Å²) in [5.74, 6) is 0. The summed E-state index contributed by atoms with van der Waals surface area (Å²) in [7, 11) is 0. The van der Waals surface area contributed by atoms with Crippen molar-refractivity contribution in [3.05, 3.63) is 107 Å². The molecule has 0 amide bonds. The van der Waals surface area contributed by atoms with Crippen molar-refractivity contribution in [2.24, 2.45) is 0 Å². The number of aromatic nitrogens is 2. The Morgan fingerprint density at radius 1 is 0.542 bits per heavy atom. The number of nitrogens with zero attached hydrogens (tertiary/aromatic N) is 2. The third kappa shape index (κ3) is 2.65. The molecule has 24 heavy (non-hydrogen) atoms. The van der Waals surface area contributed by atoms with Gasteiger partial charge >= 0.3 is 5.69 Å². The van der Waals surface area contributed by atoms with Crippen molar-refractivity contribution in [3.63, 3.8) is 0 Å². The third-order valence-corrected chi connectivity index (χ3v) is 4.29. The van der Waals surface area contributed by atoms with Gasteiger partial charge in [0.1, 0.15) is 0 Å². The van der Waals surface area contributed by atoms with Crippen LogP contribution in [0.3, 0.4) is 0 Å². The Hall–Kier alpha value is -3.07. The van der Waals surface area contributed by atoms with Crippen LogP contribution in [-0.2, 0) is 13.1 Å². The van der Waals surface area contributed by atoms with Gasteiger partial charge in [-0.15, -0.1) is 0 Å². The lowest BCUT2D eigenvalue weighted by Gasteiger charge is -2.04. The standard InChI is InChI=1S/C21H18N2O/c24-21-22(15-17-9-3-1-4-10-17)19-13-7-8-14-20(19)23(21)16-18-11-5-2-6-12-18/h1-14H,15-16H2. The highest BCUT2D eigenvalue weighted by atomic mass is 16.1. The molecule has 0 aliphatic carbocycles. The van der Waals surface area contributed by atoms with Gasteiger partial charge in [0, 0.05) is 0 Å². The number of rotatable bonds is 4. The molecule has 0 saturated carbocycles. The quantitative estimate of drug-likeness (QED) is 0.561. The number of hydrogen-bond acceptors (Lipinski definition) is 1. The highest BCUT2D eigenvalue weighted by Gasteiger charge is 2.13. The second kappa shape index (κ2) is 6.20. The first kappa shape index (κ1) is 14.5. The van der Waals surface area contributed by atoms with Gasteiger partial charge in [0.05, 0.1) is 24.1 Å². The second-order valence-corrected chi connectivity index (χ2v) is 5.91. The number of para-hydroxylation sites is 2. The molecule has 0 N–H and O–H groups in total. The fourth-order valence-corrected chi connectivity index (χ4v) is 3.11. The molecule has 0 saturated heterocycles. The first-order chi connectivity index (χ1) is 11.8. The molecule has 0 atom stereocenters. The molecule has 0 aliphatic heterocycles. The molecular weight excluding hydrogens is 296 g/mol. The summed E-state index contributed by atoms with van der Waals surface area (Å²) in [6, 6.07) is 28.2. The zero-order valence-corrected chi connectivity index (χ0v) is 13.3. The number of fused-ring (bicyclic) bond motifs is 1. The summed E-state index contributed by atoms with van der Waals surface area (Å²) in [6.07, 6.45) is 0. The first-order valence-corrected chi connectivity index (χ1v) is 8.09. The highest BCUT2D eigenvalue weighted by molar-refractivity contribution is 5.76. The maximum atomic E-state index is 13.0. The summed E-state index contributed by atoms with van der Waals surface area (Å²) in [4.78, 5) is 13.0. The minimum absolute atomic E-state index is 0.0314. The predicted octanol–water partition coefficient (Wildman–Crippen LogP) is 3.90. The van der Waals surface area contributed by atoms with Crippen molar-refractivity contribution in [1.82, 2.24) is 9.13 Å². The zero-order valence-electron chi connectivity index (χ0n) is 13.3. The van der Waals surface area contributed by atoms with Gasteiger partial charge in [-0.05, 0) is 23.3 Å². The molecule has 1 heterocycles. The van der Waals surface area contributed by atoms with E-state index in [1.807, 2.05) is 69.8 Å². The molecule has 4 aromatic rings. The van der Waals surface area contributed by atoms with Crippen LogP contribution in [0.5, 0.6) is 0 Å². The number of hydrogen-bond donors (Lipinski definition) is 0. The molecule has 1 aromatic heterocycles. The van der Waals surface area contributed by atoms with Gasteiger partial charge in [-0.3, -0.25) is 9.13 Å². The van der Waals surface area contributed by atoms with Gasteiger partial charge < -0.3 is 0 Å². The van der Waals surface area contributed by atoms with Crippen molar-refractivity contribution in [3.8, 4) is 0 Å². The van der Waals surface area contributed by atoms with E-state index in [9.17, 15) is 4.79 Å². The van der Waals surface area contributed by atoms with E-state index in [-0.39, 0.29) is 5.69 Å². The SMILES string of the molecule is O=c1n(Cc2ccccc2)c2ccccc2n1Cc1ccccc1. The second-order valence-electron chi connectivity index (χ2n) is 5.91. The molecule has 0 fully saturated rings. The fourth-order valence-electron chi connectivity index (χ4n) is 3.11. The van der Waals surface area contributed by atoms with Crippen LogP contribution in [0, 0.1) is 0 Å². The minimum atomic E-state index is 0.0314. The van der Waals surface area contributed by atoms with Gasteiger partial charge in [-0.2, -0.15) is 0 Å². The molecule has 3 heteroatoms. The topological polar surface area (TPSA) is 26.9 Å². The van der Waals surface area contributed by atoms with Crippen LogP contribution >= 0.6 is 0 Å². The van der Waals surface area contributed by atoms with Crippen LogP contribution in [0.15, 0.2) is 89.7 Å². The lowest BCUT2D eigenvalue weighted by atomic mass is 10.2. The van der Waals surface area contributed by atoms with E-state index in [0.29, 0.717) is 13.1 Å². The van der Waals surface area contributed by atoms with E-state index in [0.717, 1.165) is 22.2 Å². The Labute approximate surface area is 140 Å².